The smallest absolute Gasteiger partial charge is 0.312 e. The molecule has 0 N–H and O–H groups in total. The Kier molecular flexibility index (Phi) is 3.85. The fourth-order valence-corrected chi connectivity index (χ4v) is 1.51. The Balaban J connectivity index is 2.36. The van der Waals surface area contributed by atoms with E-state index < -0.39 is 4.92 Å². The number of nitriles is 1. The summed E-state index contributed by atoms with van der Waals surface area (Å²) in [6.45, 7) is 1.31. The lowest BCUT2D eigenvalue weighted by Gasteiger charge is -2.05. The highest BCUT2D eigenvalue weighted by Crippen LogP contribution is 2.31. The monoisotopic (exact) mass is 284 g/mol. The minimum absolute atomic E-state index is 0.00711. The number of carbonyl (C=O) groups is 1. The molecule has 8 heteroatoms. The van der Waals surface area contributed by atoms with Crippen LogP contribution in [-0.4, -0.2) is 20.9 Å². The van der Waals surface area contributed by atoms with E-state index in [9.17, 15) is 14.9 Å². The summed E-state index contributed by atoms with van der Waals surface area (Å²) in [6, 6.07) is 8.40. The van der Waals surface area contributed by atoms with Crippen LogP contribution in [0.15, 0.2) is 30.3 Å². The molecule has 0 aliphatic heterocycles. The molecule has 0 unspecified atom stereocenters. The number of aromatic nitrogens is 2. The van der Waals surface area contributed by atoms with Crippen molar-refractivity contribution in [2.75, 3.05) is 0 Å². The number of ether oxygens (including phenoxy) is 1. The Morgan fingerprint density at radius 3 is 2.62 bits per heavy atom. The highest BCUT2D eigenvalue weighted by molar-refractivity contribution is 5.95. The third-order valence-corrected chi connectivity index (χ3v) is 2.53. The van der Waals surface area contributed by atoms with Crippen molar-refractivity contribution in [2.45, 2.75) is 6.92 Å². The average molecular weight is 284 g/mol. The van der Waals surface area contributed by atoms with E-state index in [0.29, 0.717) is 0 Å². The van der Waals surface area contributed by atoms with Crippen LogP contribution in [0.3, 0.4) is 0 Å². The summed E-state index contributed by atoms with van der Waals surface area (Å²) in [5.74, 6) is -0.348. The molecule has 1 aromatic carbocycles. The van der Waals surface area contributed by atoms with Crippen molar-refractivity contribution in [3.63, 3.8) is 0 Å². The second kappa shape index (κ2) is 5.75. The number of nitro benzene ring substituents is 1. The first-order valence-corrected chi connectivity index (χ1v) is 5.72. The number of Topliss-reactive ketones (excluding diaryl/α,β-unsaturated/α-hetero) is 1. The van der Waals surface area contributed by atoms with Crippen LogP contribution in [0.5, 0.6) is 11.6 Å². The molecule has 0 spiro atoms. The molecule has 0 saturated heterocycles. The lowest BCUT2D eigenvalue weighted by Crippen LogP contribution is -1.99. The molecule has 0 aliphatic rings. The Morgan fingerprint density at radius 1 is 1.33 bits per heavy atom. The van der Waals surface area contributed by atoms with Gasteiger partial charge in [-0.1, -0.05) is 0 Å². The van der Waals surface area contributed by atoms with Crippen LogP contribution in [0.2, 0.25) is 0 Å². The minimum atomic E-state index is -0.654. The van der Waals surface area contributed by atoms with E-state index in [1.165, 1.54) is 31.2 Å². The number of nitrogens with zero attached hydrogens (tertiary/aromatic N) is 4. The average Bonchev–Trinajstić information content (AvgIpc) is 2.48. The van der Waals surface area contributed by atoms with Crippen molar-refractivity contribution < 1.29 is 14.5 Å². The molecular formula is C13H8N4O4. The predicted octanol–water partition coefficient (Wildman–Crippen LogP) is 2.25. The molecule has 2 rings (SSSR count). The number of ketones is 1. The maximum absolute atomic E-state index is 11.2. The molecule has 0 fully saturated rings. The first-order valence-electron chi connectivity index (χ1n) is 5.72. The Labute approximate surface area is 118 Å². The van der Waals surface area contributed by atoms with E-state index in [0.717, 1.165) is 6.07 Å². The van der Waals surface area contributed by atoms with Crippen LogP contribution in [-0.2, 0) is 0 Å². The van der Waals surface area contributed by atoms with Gasteiger partial charge in [0.1, 0.15) is 6.07 Å². The molecule has 2 aromatic rings. The highest BCUT2D eigenvalue weighted by atomic mass is 16.6. The van der Waals surface area contributed by atoms with E-state index in [1.54, 1.807) is 6.07 Å². The minimum Gasteiger partial charge on any atom is -0.430 e. The third kappa shape index (κ3) is 3.16. The zero-order valence-electron chi connectivity index (χ0n) is 10.8. The molecule has 1 heterocycles. The first-order chi connectivity index (χ1) is 10.0. The number of benzene rings is 1. The second-order valence-electron chi connectivity index (χ2n) is 3.97. The van der Waals surface area contributed by atoms with Gasteiger partial charge in [-0.15, -0.1) is 10.2 Å². The molecule has 0 amide bonds. The second-order valence-corrected chi connectivity index (χ2v) is 3.97. The molecule has 0 atom stereocenters. The van der Waals surface area contributed by atoms with Crippen molar-refractivity contribution in [3.05, 3.63) is 51.7 Å². The van der Waals surface area contributed by atoms with E-state index in [1.807, 2.05) is 0 Å². The molecule has 1 aromatic heterocycles. The molecular weight excluding hydrogens is 276 g/mol. The predicted molar refractivity (Wildman–Crippen MR) is 69.9 cm³/mol. The van der Waals surface area contributed by atoms with Gasteiger partial charge in [0, 0.05) is 17.7 Å². The normalized spacial score (nSPS) is 9.71. The van der Waals surface area contributed by atoms with Crippen LogP contribution in [0, 0.1) is 21.4 Å². The maximum Gasteiger partial charge on any atom is 0.312 e. The van der Waals surface area contributed by atoms with E-state index in [2.05, 4.69) is 10.2 Å². The van der Waals surface area contributed by atoms with Gasteiger partial charge in [-0.25, -0.2) is 0 Å². The van der Waals surface area contributed by atoms with Gasteiger partial charge in [-0.2, -0.15) is 5.26 Å². The number of carbonyl (C=O) groups excluding carboxylic acids is 1. The van der Waals surface area contributed by atoms with Gasteiger partial charge >= 0.3 is 5.69 Å². The quantitative estimate of drug-likeness (QED) is 0.479. The van der Waals surface area contributed by atoms with Gasteiger partial charge in [-0.3, -0.25) is 14.9 Å². The topological polar surface area (TPSA) is 119 Å². The van der Waals surface area contributed by atoms with Crippen LogP contribution >= 0.6 is 0 Å². The maximum atomic E-state index is 11.2. The standard InChI is InChI=1S/C13H8N4O4/c1-8(18)9-2-4-12(11(6-9)17(19)20)21-13-5-3-10(7-14)15-16-13/h2-6H,1H3. The fraction of sp³-hybridized carbons (Fsp3) is 0.0769. The van der Waals surface area contributed by atoms with Crippen molar-refractivity contribution in [3.8, 4) is 17.7 Å². The van der Waals surface area contributed by atoms with Crippen LogP contribution < -0.4 is 4.74 Å². The highest BCUT2D eigenvalue weighted by Gasteiger charge is 2.18. The van der Waals surface area contributed by atoms with Gasteiger partial charge in [-0.05, 0) is 25.1 Å². The summed E-state index contributed by atoms with van der Waals surface area (Å²) in [6.07, 6.45) is 0. The van der Waals surface area contributed by atoms with Crippen molar-refractivity contribution >= 4 is 11.5 Å². The lowest BCUT2D eigenvalue weighted by molar-refractivity contribution is -0.385. The van der Waals surface area contributed by atoms with Gasteiger partial charge in [0.05, 0.1) is 4.92 Å². The Bertz CT molecular complexity index is 750. The Morgan fingerprint density at radius 2 is 2.10 bits per heavy atom. The number of hydrogen-bond acceptors (Lipinski definition) is 7. The zero-order valence-corrected chi connectivity index (χ0v) is 10.8. The number of hydrogen-bond donors (Lipinski definition) is 0. The van der Waals surface area contributed by atoms with Gasteiger partial charge in [0.15, 0.2) is 11.5 Å². The van der Waals surface area contributed by atoms with Crippen LogP contribution in [0.1, 0.15) is 23.0 Å². The largest absolute Gasteiger partial charge is 0.430 e. The van der Waals surface area contributed by atoms with Crippen LogP contribution in [0.25, 0.3) is 0 Å². The summed E-state index contributed by atoms with van der Waals surface area (Å²) < 4.78 is 5.27. The lowest BCUT2D eigenvalue weighted by atomic mass is 10.1. The summed E-state index contributed by atoms with van der Waals surface area (Å²) in [5.41, 5.74) is -0.0439. The van der Waals surface area contributed by atoms with E-state index in [4.69, 9.17) is 10.00 Å². The fourth-order valence-electron chi connectivity index (χ4n) is 1.51. The molecule has 0 bridgehead atoms. The molecule has 21 heavy (non-hydrogen) atoms. The third-order valence-electron chi connectivity index (χ3n) is 2.53. The van der Waals surface area contributed by atoms with Crippen molar-refractivity contribution in [2.24, 2.45) is 0 Å². The SMILES string of the molecule is CC(=O)c1ccc(Oc2ccc(C#N)nn2)c([N+](=O)[O-])c1. The number of nitro groups is 1. The van der Waals surface area contributed by atoms with Crippen LogP contribution in [0.4, 0.5) is 5.69 Å². The molecule has 0 radical (unpaired) electrons. The number of rotatable bonds is 4. The first kappa shape index (κ1) is 14.1. The van der Waals surface area contributed by atoms with Gasteiger partial charge < -0.3 is 4.74 Å². The molecule has 8 nitrogen and oxygen atoms in total. The summed E-state index contributed by atoms with van der Waals surface area (Å²) in [7, 11) is 0. The molecule has 0 aliphatic carbocycles. The van der Waals surface area contributed by atoms with Crippen molar-refractivity contribution in [1.82, 2.24) is 10.2 Å². The zero-order chi connectivity index (χ0) is 15.4. The van der Waals surface area contributed by atoms with Gasteiger partial charge in [0.25, 0.3) is 0 Å². The molecule has 104 valence electrons. The summed E-state index contributed by atoms with van der Waals surface area (Å²) >= 11 is 0. The summed E-state index contributed by atoms with van der Waals surface area (Å²) in [5, 5.41) is 26.8. The van der Waals surface area contributed by atoms with Gasteiger partial charge in [0.2, 0.25) is 11.6 Å². The van der Waals surface area contributed by atoms with Crippen molar-refractivity contribution in [1.29, 1.82) is 5.26 Å². The summed E-state index contributed by atoms with van der Waals surface area (Å²) in [4.78, 5) is 21.6. The molecule has 0 saturated carbocycles. The van der Waals surface area contributed by atoms with E-state index >= 15 is 0 Å². The Hall–Kier alpha value is -3.34. The van der Waals surface area contributed by atoms with E-state index in [-0.39, 0.29) is 34.4 Å².